The summed E-state index contributed by atoms with van der Waals surface area (Å²) in [5.41, 5.74) is 1.84. The van der Waals surface area contributed by atoms with Crippen molar-refractivity contribution in [1.82, 2.24) is 5.32 Å². The highest BCUT2D eigenvalue weighted by Crippen LogP contribution is 2.23. The topological polar surface area (TPSA) is 38.3 Å². The number of esters is 1. The van der Waals surface area contributed by atoms with E-state index in [9.17, 15) is 4.79 Å². The molecule has 0 fully saturated rings. The van der Waals surface area contributed by atoms with Crippen molar-refractivity contribution in [1.29, 1.82) is 0 Å². The van der Waals surface area contributed by atoms with Gasteiger partial charge in [-0.15, -0.1) is 0 Å². The lowest BCUT2D eigenvalue weighted by Gasteiger charge is -2.22. The standard InChI is InChI=1S/C17H17Cl2NO2/c1-11(12-3-7-14(18)8-4-12)20-16(17(21)22-2)13-5-9-15(19)10-6-13/h3-11,16,20H,1-2H3/t11-,16?/m1/s1. The molecule has 0 aliphatic carbocycles. The normalized spacial score (nSPS) is 13.5. The molecule has 116 valence electrons. The average Bonchev–Trinajstić information content (AvgIpc) is 2.53. The fraction of sp³-hybridized carbons (Fsp3) is 0.235. The summed E-state index contributed by atoms with van der Waals surface area (Å²) >= 11 is 11.8. The van der Waals surface area contributed by atoms with Gasteiger partial charge in [0.2, 0.25) is 0 Å². The van der Waals surface area contributed by atoms with Crippen LogP contribution in [0.15, 0.2) is 48.5 Å². The molecule has 2 atom stereocenters. The molecule has 5 heteroatoms. The van der Waals surface area contributed by atoms with Crippen molar-refractivity contribution < 1.29 is 9.53 Å². The fourth-order valence-corrected chi connectivity index (χ4v) is 2.42. The maximum atomic E-state index is 12.1. The largest absolute Gasteiger partial charge is 0.468 e. The molecular weight excluding hydrogens is 321 g/mol. The van der Waals surface area contributed by atoms with Crippen LogP contribution in [0.25, 0.3) is 0 Å². The Morgan fingerprint density at radius 2 is 1.41 bits per heavy atom. The molecule has 2 aromatic carbocycles. The van der Waals surface area contributed by atoms with Crippen LogP contribution < -0.4 is 5.32 Å². The van der Waals surface area contributed by atoms with E-state index in [0.29, 0.717) is 10.0 Å². The minimum atomic E-state index is -0.562. The lowest BCUT2D eigenvalue weighted by Crippen LogP contribution is -2.31. The van der Waals surface area contributed by atoms with Crippen LogP contribution in [-0.4, -0.2) is 13.1 Å². The highest BCUT2D eigenvalue weighted by molar-refractivity contribution is 6.30. The van der Waals surface area contributed by atoms with Gasteiger partial charge in [0.15, 0.2) is 0 Å². The number of benzene rings is 2. The Labute approximate surface area is 140 Å². The number of ether oxygens (including phenoxy) is 1. The molecule has 0 spiro atoms. The maximum absolute atomic E-state index is 12.1. The van der Waals surface area contributed by atoms with Gasteiger partial charge < -0.3 is 4.74 Å². The Balaban J connectivity index is 2.21. The molecule has 0 aromatic heterocycles. The van der Waals surface area contributed by atoms with Crippen molar-refractivity contribution in [2.24, 2.45) is 0 Å². The maximum Gasteiger partial charge on any atom is 0.327 e. The van der Waals surface area contributed by atoms with E-state index in [1.807, 2.05) is 43.3 Å². The minimum Gasteiger partial charge on any atom is -0.468 e. The van der Waals surface area contributed by atoms with Crippen LogP contribution in [0.2, 0.25) is 10.0 Å². The Morgan fingerprint density at radius 1 is 0.955 bits per heavy atom. The van der Waals surface area contributed by atoms with Crippen LogP contribution >= 0.6 is 23.2 Å². The zero-order valence-corrected chi connectivity index (χ0v) is 13.9. The predicted octanol–water partition coefficient (Wildman–Crippen LogP) is 4.56. The van der Waals surface area contributed by atoms with E-state index >= 15 is 0 Å². The molecule has 1 unspecified atom stereocenters. The van der Waals surface area contributed by atoms with E-state index in [4.69, 9.17) is 27.9 Å². The van der Waals surface area contributed by atoms with Crippen molar-refractivity contribution in [3.05, 3.63) is 69.7 Å². The van der Waals surface area contributed by atoms with Crippen molar-refractivity contribution in [2.75, 3.05) is 7.11 Å². The molecule has 2 aromatic rings. The Bertz CT molecular complexity index is 626. The molecular formula is C17H17Cl2NO2. The quantitative estimate of drug-likeness (QED) is 0.813. The molecule has 3 nitrogen and oxygen atoms in total. The van der Waals surface area contributed by atoms with Crippen LogP contribution in [-0.2, 0) is 9.53 Å². The lowest BCUT2D eigenvalue weighted by molar-refractivity contribution is -0.143. The van der Waals surface area contributed by atoms with Crippen LogP contribution in [0.5, 0.6) is 0 Å². The van der Waals surface area contributed by atoms with Gasteiger partial charge in [0.1, 0.15) is 6.04 Å². The van der Waals surface area contributed by atoms with Gasteiger partial charge >= 0.3 is 5.97 Å². The van der Waals surface area contributed by atoms with Gasteiger partial charge in [-0.05, 0) is 42.3 Å². The second-order valence-electron chi connectivity index (χ2n) is 4.95. The summed E-state index contributed by atoms with van der Waals surface area (Å²) in [6.07, 6.45) is 0. The first-order valence-corrected chi connectivity index (χ1v) is 7.61. The van der Waals surface area contributed by atoms with Gasteiger partial charge in [0.05, 0.1) is 7.11 Å². The van der Waals surface area contributed by atoms with Crippen molar-refractivity contribution >= 4 is 29.2 Å². The number of halogens is 2. The van der Waals surface area contributed by atoms with Crippen molar-refractivity contribution in [2.45, 2.75) is 19.0 Å². The van der Waals surface area contributed by atoms with Gasteiger partial charge in [0, 0.05) is 16.1 Å². The molecule has 0 radical (unpaired) electrons. The highest BCUT2D eigenvalue weighted by Gasteiger charge is 2.23. The first-order chi connectivity index (χ1) is 10.5. The summed E-state index contributed by atoms with van der Waals surface area (Å²) < 4.78 is 4.90. The summed E-state index contributed by atoms with van der Waals surface area (Å²) in [6.45, 7) is 1.98. The first kappa shape index (κ1) is 16.8. The molecule has 22 heavy (non-hydrogen) atoms. The minimum absolute atomic E-state index is 0.0444. The fourth-order valence-electron chi connectivity index (χ4n) is 2.17. The monoisotopic (exact) mass is 337 g/mol. The Morgan fingerprint density at radius 3 is 1.86 bits per heavy atom. The molecule has 0 heterocycles. The van der Waals surface area contributed by atoms with E-state index in [1.165, 1.54) is 7.11 Å². The summed E-state index contributed by atoms with van der Waals surface area (Å²) in [5.74, 6) is -0.344. The number of carbonyl (C=O) groups excluding carboxylic acids is 1. The third-order valence-corrected chi connectivity index (χ3v) is 3.93. The van der Waals surface area contributed by atoms with E-state index in [-0.39, 0.29) is 12.0 Å². The molecule has 0 bridgehead atoms. The van der Waals surface area contributed by atoms with Crippen LogP contribution in [0.3, 0.4) is 0 Å². The highest BCUT2D eigenvalue weighted by atomic mass is 35.5. The first-order valence-electron chi connectivity index (χ1n) is 6.86. The van der Waals surface area contributed by atoms with Crippen LogP contribution in [0, 0.1) is 0 Å². The molecule has 0 aliphatic rings. The third-order valence-electron chi connectivity index (χ3n) is 3.43. The smallest absolute Gasteiger partial charge is 0.327 e. The molecule has 0 amide bonds. The van der Waals surface area contributed by atoms with E-state index in [0.717, 1.165) is 11.1 Å². The second-order valence-corrected chi connectivity index (χ2v) is 5.82. The second kappa shape index (κ2) is 7.63. The Kier molecular flexibility index (Phi) is 5.83. The molecule has 0 saturated carbocycles. The van der Waals surface area contributed by atoms with E-state index in [1.54, 1.807) is 12.1 Å². The van der Waals surface area contributed by atoms with Gasteiger partial charge in [-0.25, -0.2) is 4.79 Å². The van der Waals surface area contributed by atoms with Gasteiger partial charge in [-0.1, -0.05) is 47.5 Å². The summed E-state index contributed by atoms with van der Waals surface area (Å²) in [7, 11) is 1.37. The third kappa shape index (κ3) is 4.23. The number of nitrogens with one attached hydrogen (secondary N) is 1. The summed E-state index contributed by atoms with van der Waals surface area (Å²) in [5, 5.41) is 4.58. The number of carbonyl (C=O) groups is 1. The number of hydrogen-bond donors (Lipinski definition) is 1. The predicted molar refractivity (Wildman–Crippen MR) is 89.2 cm³/mol. The van der Waals surface area contributed by atoms with Crippen molar-refractivity contribution in [3.8, 4) is 0 Å². The van der Waals surface area contributed by atoms with E-state index in [2.05, 4.69) is 5.32 Å². The molecule has 0 aliphatic heterocycles. The molecule has 2 rings (SSSR count). The van der Waals surface area contributed by atoms with Gasteiger partial charge in [0.25, 0.3) is 0 Å². The summed E-state index contributed by atoms with van der Waals surface area (Å²) in [6, 6.07) is 14.0. The lowest BCUT2D eigenvalue weighted by atomic mass is 10.0. The van der Waals surface area contributed by atoms with E-state index < -0.39 is 6.04 Å². The molecule has 0 saturated heterocycles. The van der Waals surface area contributed by atoms with Crippen LogP contribution in [0.1, 0.15) is 30.1 Å². The van der Waals surface area contributed by atoms with Gasteiger partial charge in [-0.2, -0.15) is 0 Å². The Hall–Kier alpha value is -1.55. The summed E-state index contributed by atoms with van der Waals surface area (Å²) in [4.78, 5) is 12.1. The van der Waals surface area contributed by atoms with Crippen molar-refractivity contribution in [3.63, 3.8) is 0 Å². The molecule has 1 N–H and O–H groups in total. The SMILES string of the molecule is COC(=O)C(N[C@H](C)c1ccc(Cl)cc1)c1ccc(Cl)cc1. The number of rotatable bonds is 5. The number of methoxy groups -OCH3 is 1. The van der Waals surface area contributed by atoms with Gasteiger partial charge in [-0.3, -0.25) is 5.32 Å². The average molecular weight is 338 g/mol. The number of hydrogen-bond acceptors (Lipinski definition) is 3. The van der Waals surface area contributed by atoms with Crippen LogP contribution in [0.4, 0.5) is 0 Å². The zero-order chi connectivity index (χ0) is 16.1. The zero-order valence-electron chi connectivity index (χ0n) is 12.3.